The van der Waals surface area contributed by atoms with E-state index in [-0.39, 0.29) is 12.4 Å². The lowest BCUT2D eigenvalue weighted by Gasteiger charge is -2.09. The Balaban J connectivity index is 2.66. The van der Waals surface area contributed by atoms with Gasteiger partial charge in [0.25, 0.3) is 0 Å². The number of sulfonamides is 1. The number of aliphatic hydroxyl groups is 1. The molecule has 0 fully saturated rings. The number of benzene rings is 1. The molecule has 1 aromatic carbocycles. The molecule has 1 rings (SSSR count). The van der Waals surface area contributed by atoms with Gasteiger partial charge in [0.1, 0.15) is 0 Å². The van der Waals surface area contributed by atoms with Crippen LogP contribution in [-0.2, 0) is 16.4 Å². The van der Waals surface area contributed by atoms with E-state index in [1.54, 1.807) is 6.07 Å². The quantitative estimate of drug-likeness (QED) is 0.761. The Morgan fingerprint density at radius 1 is 1.28 bits per heavy atom. The fourth-order valence-electron chi connectivity index (χ4n) is 1.64. The minimum absolute atomic E-state index is 0.145. The summed E-state index contributed by atoms with van der Waals surface area (Å²) < 4.78 is 26.0. The van der Waals surface area contributed by atoms with Crippen molar-refractivity contribution in [3.63, 3.8) is 0 Å². The second-order valence-electron chi connectivity index (χ2n) is 4.30. The summed E-state index contributed by atoms with van der Waals surface area (Å²) in [6.45, 7) is 2.11. The van der Waals surface area contributed by atoms with Gasteiger partial charge in [-0.15, -0.1) is 0 Å². The molecule has 4 nitrogen and oxygen atoms in total. The highest BCUT2D eigenvalue weighted by molar-refractivity contribution is 7.92. The Morgan fingerprint density at radius 2 is 2.06 bits per heavy atom. The zero-order valence-corrected chi connectivity index (χ0v) is 11.5. The fourth-order valence-corrected chi connectivity index (χ4v) is 2.90. The van der Waals surface area contributed by atoms with Gasteiger partial charge in [0.2, 0.25) is 10.0 Å². The number of aryl methyl sites for hydroxylation is 1. The first-order valence-corrected chi connectivity index (χ1v) is 7.93. The van der Waals surface area contributed by atoms with E-state index in [0.29, 0.717) is 18.5 Å². The molecule has 0 radical (unpaired) electrons. The van der Waals surface area contributed by atoms with E-state index in [4.69, 9.17) is 5.11 Å². The minimum atomic E-state index is -3.23. The van der Waals surface area contributed by atoms with Gasteiger partial charge >= 0.3 is 0 Å². The van der Waals surface area contributed by atoms with Crippen LogP contribution in [0, 0.1) is 0 Å². The molecule has 0 aromatic heterocycles. The zero-order chi connectivity index (χ0) is 13.4. The summed E-state index contributed by atoms with van der Waals surface area (Å²) in [6, 6.07) is 7.31. The number of nitrogens with one attached hydrogen (secondary N) is 1. The second-order valence-corrected chi connectivity index (χ2v) is 6.14. The van der Waals surface area contributed by atoms with E-state index >= 15 is 0 Å². The first kappa shape index (κ1) is 15.0. The van der Waals surface area contributed by atoms with E-state index in [1.807, 2.05) is 25.1 Å². The van der Waals surface area contributed by atoms with Crippen LogP contribution in [0.2, 0.25) is 0 Å². The smallest absolute Gasteiger partial charge is 0.232 e. The van der Waals surface area contributed by atoms with Crippen LogP contribution in [0.4, 0.5) is 5.69 Å². The SMILES string of the molecule is CCCCS(=O)(=O)Nc1cccc(CCCO)c1. The van der Waals surface area contributed by atoms with Crippen LogP contribution < -0.4 is 4.72 Å². The molecule has 5 heteroatoms. The molecule has 102 valence electrons. The number of rotatable bonds is 8. The van der Waals surface area contributed by atoms with E-state index < -0.39 is 10.0 Å². The summed E-state index contributed by atoms with van der Waals surface area (Å²) in [7, 11) is -3.23. The number of unbranched alkanes of at least 4 members (excludes halogenated alkanes) is 1. The lowest BCUT2D eigenvalue weighted by molar-refractivity contribution is 0.288. The van der Waals surface area contributed by atoms with Crippen LogP contribution in [0.25, 0.3) is 0 Å². The van der Waals surface area contributed by atoms with Crippen molar-refractivity contribution in [1.82, 2.24) is 0 Å². The third-order valence-corrected chi connectivity index (χ3v) is 3.96. The largest absolute Gasteiger partial charge is 0.396 e. The van der Waals surface area contributed by atoms with Crippen LogP contribution in [0.3, 0.4) is 0 Å². The van der Waals surface area contributed by atoms with Crippen LogP contribution in [0.15, 0.2) is 24.3 Å². The first-order valence-electron chi connectivity index (χ1n) is 6.27. The molecule has 0 unspecified atom stereocenters. The van der Waals surface area contributed by atoms with Crippen LogP contribution in [0.1, 0.15) is 31.7 Å². The van der Waals surface area contributed by atoms with Crippen molar-refractivity contribution in [3.05, 3.63) is 29.8 Å². The normalized spacial score (nSPS) is 11.4. The highest BCUT2D eigenvalue weighted by Crippen LogP contribution is 2.14. The molecule has 0 aliphatic rings. The molecule has 0 saturated carbocycles. The van der Waals surface area contributed by atoms with E-state index in [9.17, 15) is 8.42 Å². The lowest BCUT2D eigenvalue weighted by Crippen LogP contribution is -2.16. The predicted octanol–water partition coefficient (Wildman–Crippen LogP) is 2.15. The Labute approximate surface area is 109 Å². The van der Waals surface area contributed by atoms with Gasteiger partial charge in [-0.05, 0) is 37.0 Å². The molecule has 1 aromatic rings. The molecule has 0 amide bonds. The van der Waals surface area contributed by atoms with Crippen LogP contribution in [-0.4, -0.2) is 25.9 Å². The number of hydrogen-bond donors (Lipinski definition) is 2. The maximum Gasteiger partial charge on any atom is 0.232 e. The fraction of sp³-hybridized carbons (Fsp3) is 0.538. The summed E-state index contributed by atoms with van der Waals surface area (Å²) in [6.07, 6.45) is 2.96. The molecular formula is C13H21NO3S. The third kappa shape index (κ3) is 5.51. The Hall–Kier alpha value is -1.07. The number of anilines is 1. The van der Waals surface area contributed by atoms with Crippen molar-refractivity contribution in [2.75, 3.05) is 17.1 Å². The average Bonchev–Trinajstić information content (AvgIpc) is 2.34. The molecule has 0 bridgehead atoms. The molecule has 18 heavy (non-hydrogen) atoms. The lowest BCUT2D eigenvalue weighted by atomic mass is 10.1. The monoisotopic (exact) mass is 271 g/mol. The van der Waals surface area contributed by atoms with Crippen LogP contribution in [0.5, 0.6) is 0 Å². The molecule has 0 aliphatic carbocycles. The Morgan fingerprint density at radius 3 is 2.72 bits per heavy atom. The topological polar surface area (TPSA) is 66.4 Å². The second kappa shape index (κ2) is 7.38. The van der Waals surface area contributed by atoms with Crippen molar-refractivity contribution >= 4 is 15.7 Å². The molecule has 0 aliphatic heterocycles. The highest BCUT2D eigenvalue weighted by Gasteiger charge is 2.09. The molecule has 0 spiro atoms. The maximum atomic E-state index is 11.7. The van der Waals surface area contributed by atoms with Crippen molar-refractivity contribution in [3.8, 4) is 0 Å². The van der Waals surface area contributed by atoms with Gasteiger partial charge in [0, 0.05) is 12.3 Å². The zero-order valence-electron chi connectivity index (χ0n) is 10.7. The van der Waals surface area contributed by atoms with Gasteiger partial charge in [-0.3, -0.25) is 4.72 Å². The van der Waals surface area contributed by atoms with E-state index in [2.05, 4.69) is 4.72 Å². The summed E-state index contributed by atoms with van der Waals surface area (Å²) in [5.41, 5.74) is 1.63. The summed E-state index contributed by atoms with van der Waals surface area (Å²) in [4.78, 5) is 0. The van der Waals surface area contributed by atoms with Gasteiger partial charge in [-0.2, -0.15) is 0 Å². The highest BCUT2D eigenvalue weighted by atomic mass is 32.2. The summed E-state index contributed by atoms with van der Waals surface area (Å²) in [5.74, 6) is 0.157. The van der Waals surface area contributed by atoms with Gasteiger partial charge < -0.3 is 5.11 Å². The molecular weight excluding hydrogens is 250 g/mol. The molecule has 0 heterocycles. The van der Waals surface area contributed by atoms with Gasteiger partial charge in [-0.1, -0.05) is 25.5 Å². The molecule has 0 saturated heterocycles. The minimum Gasteiger partial charge on any atom is -0.396 e. The van der Waals surface area contributed by atoms with Gasteiger partial charge in [-0.25, -0.2) is 8.42 Å². The summed E-state index contributed by atoms with van der Waals surface area (Å²) in [5, 5.41) is 8.77. The summed E-state index contributed by atoms with van der Waals surface area (Å²) >= 11 is 0. The van der Waals surface area contributed by atoms with Crippen molar-refractivity contribution in [2.45, 2.75) is 32.6 Å². The standard InChI is InChI=1S/C13H21NO3S/c1-2-3-10-18(16,17)14-13-8-4-6-12(11-13)7-5-9-15/h4,6,8,11,14-15H,2-3,5,7,9-10H2,1H3. The maximum absolute atomic E-state index is 11.7. The van der Waals surface area contributed by atoms with Crippen molar-refractivity contribution < 1.29 is 13.5 Å². The number of hydrogen-bond acceptors (Lipinski definition) is 3. The molecule has 2 N–H and O–H groups in total. The van der Waals surface area contributed by atoms with Gasteiger partial charge in [0.15, 0.2) is 0 Å². The van der Waals surface area contributed by atoms with Crippen LogP contribution >= 0.6 is 0 Å². The van der Waals surface area contributed by atoms with Crippen molar-refractivity contribution in [1.29, 1.82) is 0 Å². The van der Waals surface area contributed by atoms with Crippen molar-refractivity contribution in [2.24, 2.45) is 0 Å². The Bertz CT molecular complexity index is 457. The van der Waals surface area contributed by atoms with Gasteiger partial charge in [0.05, 0.1) is 5.75 Å². The molecule has 0 atom stereocenters. The Kier molecular flexibility index (Phi) is 6.15. The first-order chi connectivity index (χ1) is 8.57. The number of aliphatic hydroxyl groups excluding tert-OH is 1. The van der Waals surface area contributed by atoms with E-state index in [1.165, 1.54) is 0 Å². The third-order valence-electron chi connectivity index (χ3n) is 2.59. The van der Waals surface area contributed by atoms with E-state index in [0.717, 1.165) is 18.4 Å². The average molecular weight is 271 g/mol. The predicted molar refractivity (Wildman–Crippen MR) is 74.2 cm³/mol.